The molecule has 1 atom stereocenters. The summed E-state index contributed by atoms with van der Waals surface area (Å²) in [6.07, 6.45) is 1.51. The van der Waals surface area contributed by atoms with Gasteiger partial charge in [-0.05, 0) is 27.7 Å². The van der Waals surface area contributed by atoms with E-state index in [0.29, 0.717) is 0 Å². The highest BCUT2D eigenvalue weighted by Gasteiger charge is 2.16. The maximum Gasteiger partial charge on any atom is 0.332 e. The third-order valence-corrected chi connectivity index (χ3v) is 1.22. The third kappa shape index (κ3) is 7.53. The minimum atomic E-state index is -0.447. The van der Waals surface area contributed by atoms with Crippen molar-refractivity contribution in [2.75, 3.05) is 6.61 Å². The summed E-state index contributed by atoms with van der Waals surface area (Å²) in [7, 11) is 0. The molecule has 3 nitrogen and oxygen atoms in total. The Kier molecular flexibility index (Phi) is 4.70. The molecule has 0 radical (unpaired) electrons. The largest absolute Gasteiger partial charge is 0.458 e. The van der Waals surface area contributed by atoms with Gasteiger partial charge in [0.25, 0.3) is 0 Å². The Morgan fingerprint density at radius 3 is 2.46 bits per heavy atom. The van der Waals surface area contributed by atoms with Gasteiger partial charge in [0, 0.05) is 0 Å². The van der Waals surface area contributed by atoms with E-state index in [-0.39, 0.29) is 18.7 Å². The maximum absolute atomic E-state index is 11.1. The molecular formula is C10H18O3. The SMILES string of the molecule is C=C[C@@H](C)OCC(=O)OC(C)(C)C. The van der Waals surface area contributed by atoms with Crippen LogP contribution in [0.2, 0.25) is 0 Å². The van der Waals surface area contributed by atoms with Crippen LogP contribution in [0, 0.1) is 0 Å². The molecule has 0 fully saturated rings. The van der Waals surface area contributed by atoms with E-state index in [1.807, 2.05) is 27.7 Å². The van der Waals surface area contributed by atoms with Crippen LogP contribution in [0.3, 0.4) is 0 Å². The molecule has 0 unspecified atom stereocenters. The molecule has 0 saturated heterocycles. The van der Waals surface area contributed by atoms with Crippen molar-refractivity contribution in [3.63, 3.8) is 0 Å². The van der Waals surface area contributed by atoms with Crippen LogP contribution in [0.25, 0.3) is 0 Å². The third-order valence-electron chi connectivity index (χ3n) is 1.22. The van der Waals surface area contributed by atoms with Gasteiger partial charge in [-0.1, -0.05) is 6.08 Å². The molecule has 0 aromatic rings. The van der Waals surface area contributed by atoms with Gasteiger partial charge in [-0.25, -0.2) is 4.79 Å². The van der Waals surface area contributed by atoms with Crippen molar-refractivity contribution < 1.29 is 14.3 Å². The summed E-state index contributed by atoms with van der Waals surface area (Å²) >= 11 is 0. The van der Waals surface area contributed by atoms with Crippen molar-refractivity contribution in [3.8, 4) is 0 Å². The summed E-state index contributed by atoms with van der Waals surface area (Å²) in [5, 5.41) is 0. The van der Waals surface area contributed by atoms with Crippen LogP contribution in [0.4, 0.5) is 0 Å². The van der Waals surface area contributed by atoms with E-state index in [2.05, 4.69) is 6.58 Å². The number of ether oxygens (including phenoxy) is 2. The number of hydrogen-bond acceptors (Lipinski definition) is 3. The molecule has 3 heteroatoms. The average molecular weight is 186 g/mol. The van der Waals surface area contributed by atoms with Crippen molar-refractivity contribution in [1.29, 1.82) is 0 Å². The van der Waals surface area contributed by atoms with E-state index in [4.69, 9.17) is 9.47 Å². The minimum Gasteiger partial charge on any atom is -0.458 e. The second kappa shape index (κ2) is 5.02. The Morgan fingerprint density at radius 1 is 1.54 bits per heavy atom. The first-order valence-electron chi connectivity index (χ1n) is 4.31. The molecule has 0 aliphatic heterocycles. The zero-order chi connectivity index (χ0) is 10.5. The van der Waals surface area contributed by atoms with Crippen molar-refractivity contribution in [1.82, 2.24) is 0 Å². The van der Waals surface area contributed by atoms with Gasteiger partial charge in [0.2, 0.25) is 0 Å². The lowest BCUT2D eigenvalue weighted by Crippen LogP contribution is -2.27. The molecule has 0 aromatic heterocycles. The smallest absolute Gasteiger partial charge is 0.332 e. The molecule has 0 heterocycles. The van der Waals surface area contributed by atoms with E-state index >= 15 is 0 Å². The van der Waals surface area contributed by atoms with Crippen molar-refractivity contribution in [3.05, 3.63) is 12.7 Å². The molecule has 0 N–H and O–H groups in total. The lowest BCUT2D eigenvalue weighted by molar-refractivity contribution is -0.161. The molecule has 76 valence electrons. The number of carbonyl (C=O) groups is 1. The van der Waals surface area contributed by atoms with Crippen LogP contribution in [-0.4, -0.2) is 24.3 Å². The van der Waals surface area contributed by atoms with Gasteiger partial charge in [0.05, 0.1) is 6.10 Å². The molecule has 0 saturated carbocycles. The molecule has 0 aliphatic rings. The van der Waals surface area contributed by atoms with Crippen molar-refractivity contribution >= 4 is 5.97 Å². The average Bonchev–Trinajstić information content (AvgIpc) is 1.97. The first kappa shape index (κ1) is 12.2. The monoisotopic (exact) mass is 186 g/mol. The second-order valence-corrected chi connectivity index (χ2v) is 3.84. The predicted octanol–water partition coefficient (Wildman–Crippen LogP) is 1.92. The number of hydrogen-bond donors (Lipinski definition) is 0. The van der Waals surface area contributed by atoms with Crippen LogP contribution >= 0.6 is 0 Å². The number of esters is 1. The zero-order valence-electron chi connectivity index (χ0n) is 8.79. The van der Waals surface area contributed by atoms with Gasteiger partial charge in [-0.3, -0.25) is 0 Å². The molecule has 13 heavy (non-hydrogen) atoms. The maximum atomic E-state index is 11.1. The van der Waals surface area contributed by atoms with Gasteiger partial charge in [0.1, 0.15) is 12.2 Å². The fraction of sp³-hybridized carbons (Fsp3) is 0.700. The van der Waals surface area contributed by atoms with Crippen LogP contribution in [-0.2, 0) is 14.3 Å². The fourth-order valence-electron chi connectivity index (χ4n) is 0.638. The lowest BCUT2D eigenvalue weighted by Gasteiger charge is -2.19. The highest BCUT2D eigenvalue weighted by atomic mass is 16.6. The molecular weight excluding hydrogens is 168 g/mol. The Balaban J connectivity index is 3.70. The molecule has 0 amide bonds. The molecule has 0 rings (SSSR count). The van der Waals surface area contributed by atoms with Gasteiger partial charge in [0.15, 0.2) is 0 Å². The summed E-state index contributed by atoms with van der Waals surface area (Å²) < 4.78 is 10.1. The Morgan fingerprint density at radius 2 is 2.08 bits per heavy atom. The van der Waals surface area contributed by atoms with E-state index in [1.165, 1.54) is 0 Å². The zero-order valence-corrected chi connectivity index (χ0v) is 8.79. The van der Waals surface area contributed by atoms with E-state index in [9.17, 15) is 4.79 Å². The quantitative estimate of drug-likeness (QED) is 0.497. The van der Waals surface area contributed by atoms with E-state index in [0.717, 1.165) is 0 Å². The number of rotatable bonds is 4. The minimum absolute atomic E-state index is 0.0234. The van der Waals surface area contributed by atoms with Crippen LogP contribution in [0.5, 0.6) is 0 Å². The van der Waals surface area contributed by atoms with Gasteiger partial charge in [-0.2, -0.15) is 0 Å². The lowest BCUT2D eigenvalue weighted by atomic mass is 10.2. The molecule has 0 spiro atoms. The summed E-state index contributed by atoms with van der Waals surface area (Å²) in [5.41, 5.74) is -0.447. The van der Waals surface area contributed by atoms with Gasteiger partial charge >= 0.3 is 5.97 Å². The van der Waals surface area contributed by atoms with E-state index in [1.54, 1.807) is 6.08 Å². The van der Waals surface area contributed by atoms with Crippen LogP contribution in [0.1, 0.15) is 27.7 Å². The summed E-state index contributed by atoms with van der Waals surface area (Å²) in [4.78, 5) is 11.1. The normalized spacial score (nSPS) is 13.5. The first-order valence-corrected chi connectivity index (χ1v) is 4.31. The fourth-order valence-corrected chi connectivity index (χ4v) is 0.638. The highest BCUT2D eigenvalue weighted by molar-refractivity contribution is 5.71. The first-order chi connectivity index (χ1) is 5.85. The topological polar surface area (TPSA) is 35.5 Å². The van der Waals surface area contributed by atoms with Crippen molar-refractivity contribution in [2.45, 2.75) is 39.4 Å². The van der Waals surface area contributed by atoms with Crippen LogP contribution in [0.15, 0.2) is 12.7 Å². The molecule has 0 aliphatic carbocycles. The van der Waals surface area contributed by atoms with Gasteiger partial charge in [-0.15, -0.1) is 6.58 Å². The Labute approximate surface area is 79.7 Å². The predicted molar refractivity (Wildman–Crippen MR) is 51.5 cm³/mol. The molecule has 0 aromatic carbocycles. The standard InChI is InChI=1S/C10H18O3/c1-6-8(2)12-7-9(11)13-10(3,4)5/h6,8H,1,7H2,2-5H3/t8-/m1/s1. The highest BCUT2D eigenvalue weighted by Crippen LogP contribution is 2.07. The second-order valence-electron chi connectivity index (χ2n) is 3.84. The summed E-state index contributed by atoms with van der Waals surface area (Å²) in [6, 6.07) is 0. The summed E-state index contributed by atoms with van der Waals surface area (Å²) in [5.74, 6) is -0.346. The van der Waals surface area contributed by atoms with Gasteiger partial charge < -0.3 is 9.47 Å². The van der Waals surface area contributed by atoms with Crippen molar-refractivity contribution in [2.24, 2.45) is 0 Å². The number of carbonyl (C=O) groups excluding carboxylic acids is 1. The Bertz CT molecular complexity index is 179. The van der Waals surface area contributed by atoms with Crippen LogP contribution < -0.4 is 0 Å². The molecule has 0 bridgehead atoms. The summed E-state index contributed by atoms with van der Waals surface area (Å²) in [6.45, 7) is 10.8. The Hall–Kier alpha value is -0.830. The van der Waals surface area contributed by atoms with E-state index < -0.39 is 5.60 Å².